The van der Waals surface area contributed by atoms with Gasteiger partial charge in [-0.25, -0.2) is 0 Å². The Morgan fingerprint density at radius 2 is 2.00 bits per heavy atom. The molecule has 0 radical (unpaired) electrons. The zero-order valence-electron chi connectivity index (χ0n) is 9.16. The summed E-state index contributed by atoms with van der Waals surface area (Å²) in [6, 6.07) is 5.31. The Balaban J connectivity index is 2.95. The first-order valence-corrected chi connectivity index (χ1v) is 5.09. The van der Waals surface area contributed by atoms with Crippen molar-refractivity contribution in [2.45, 2.75) is 19.1 Å². The van der Waals surface area contributed by atoms with Crippen molar-refractivity contribution in [1.29, 1.82) is 0 Å². The summed E-state index contributed by atoms with van der Waals surface area (Å²) < 4.78 is 10.3. The molecule has 0 bridgehead atoms. The number of halogens is 1. The van der Waals surface area contributed by atoms with Crippen LogP contribution in [0.25, 0.3) is 0 Å². The molecule has 0 saturated heterocycles. The first kappa shape index (κ1) is 12.3. The Labute approximate surface area is 95.1 Å². The van der Waals surface area contributed by atoms with Crippen LogP contribution in [0.1, 0.15) is 18.5 Å². The molecule has 0 spiro atoms. The van der Waals surface area contributed by atoms with Crippen LogP contribution in [0.4, 0.5) is 0 Å². The first-order chi connectivity index (χ1) is 7.10. The van der Waals surface area contributed by atoms with Crippen LogP contribution in [-0.4, -0.2) is 20.3 Å². The van der Waals surface area contributed by atoms with Gasteiger partial charge in [-0.3, -0.25) is 0 Å². The number of hydrogen-bond donors (Lipinski definition) is 1. The van der Waals surface area contributed by atoms with Gasteiger partial charge in [0.2, 0.25) is 0 Å². The van der Waals surface area contributed by atoms with Gasteiger partial charge in [0.1, 0.15) is 5.75 Å². The molecule has 1 aromatic carbocycles. The Morgan fingerprint density at radius 1 is 1.33 bits per heavy atom. The largest absolute Gasteiger partial charge is 0.495 e. The Morgan fingerprint density at radius 3 is 2.53 bits per heavy atom. The van der Waals surface area contributed by atoms with Crippen molar-refractivity contribution < 1.29 is 9.47 Å². The normalized spacial score (nSPS) is 14.7. The van der Waals surface area contributed by atoms with Gasteiger partial charge in [0.05, 0.1) is 24.3 Å². The summed E-state index contributed by atoms with van der Waals surface area (Å²) in [6.45, 7) is 1.92. The molecule has 2 N–H and O–H groups in total. The fourth-order valence-corrected chi connectivity index (χ4v) is 1.50. The number of ether oxygens (including phenoxy) is 2. The SMILES string of the molecule is COc1cc(C(N)C(C)OC)ccc1Cl. The molecular formula is C11H16ClNO2. The quantitative estimate of drug-likeness (QED) is 0.862. The summed E-state index contributed by atoms with van der Waals surface area (Å²) >= 11 is 5.92. The van der Waals surface area contributed by atoms with Gasteiger partial charge in [0.25, 0.3) is 0 Å². The fourth-order valence-electron chi connectivity index (χ4n) is 1.30. The van der Waals surface area contributed by atoms with Gasteiger partial charge in [0, 0.05) is 7.11 Å². The number of benzene rings is 1. The average Bonchev–Trinajstić information content (AvgIpc) is 2.27. The second-order valence-electron chi connectivity index (χ2n) is 3.36. The number of hydrogen-bond acceptors (Lipinski definition) is 3. The maximum Gasteiger partial charge on any atom is 0.137 e. The van der Waals surface area contributed by atoms with Gasteiger partial charge in [0.15, 0.2) is 0 Å². The maximum atomic E-state index is 6.00. The van der Waals surface area contributed by atoms with E-state index >= 15 is 0 Å². The summed E-state index contributed by atoms with van der Waals surface area (Å²) in [5.41, 5.74) is 6.95. The molecule has 15 heavy (non-hydrogen) atoms. The molecule has 0 aliphatic heterocycles. The highest BCUT2D eigenvalue weighted by atomic mass is 35.5. The van der Waals surface area contributed by atoms with Crippen LogP contribution >= 0.6 is 11.6 Å². The van der Waals surface area contributed by atoms with Crippen molar-refractivity contribution in [2.24, 2.45) is 5.73 Å². The van der Waals surface area contributed by atoms with E-state index in [-0.39, 0.29) is 12.1 Å². The summed E-state index contributed by atoms with van der Waals surface area (Å²) in [7, 11) is 3.22. The third-order valence-electron chi connectivity index (χ3n) is 2.44. The fraction of sp³-hybridized carbons (Fsp3) is 0.455. The zero-order valence-corrected chi connectivity index (χ0v) is 9.91. The lowest BCUT2D eigenvalue weighted by atomic mass is 10.0. The van der Waals surface area contributed by atoms with Crippen molar-refractivity contribution in [3.8, 4) is 5.75 Å². The second-order valence-corrected chi connectivity index (χ2v) is 3.77. The summed E-state index contributed by atoms with van der Waals surface area (Å²) in [6.07, 6.45) is -0.0455. The summed E-state index contributed by atoms with van der Waals surface area (Å²) in [5.74, 6) is 0.632. The van der Waals surface area contributed by atoms with Gasteiger partial charge in [-0.2, -0.15) is 0 Å². The van der Waals surface area contributed by atoms with E-state index in [1.807, 2.05) is 19.1 Å². The molecule has 0 aliphatic rings. The van der Waals surface area contributed by atoms with E-state index in [2.05, 4.69) is 0 Å². The standard InChI is InChI=1S/C11H16ClNO2/c1-7(14-2)11(13)8-4-5-9(12)10(6-8)15-3/h4-7,11H,13H2,1-3H3. The number of methoxy groups -OCH3 is 2. The minimum Gasteiger partial charge on any atom is -0.495 e. The van der Waals surface area contributed by atoms with Crippen molar-refractivity contribution in [1.82, 2.24) is 0 Å². The maximum absolute atomic E-state index is 6.00. The van der Waals surface area contributed by atoms with Gasteiger partial charge in [-0.15, -0.1) is 0 Å². The minimum atomic E-state index is -0.179. The van der Waals surface area contributed by atoms with E-state index in [9.17, 15) is 0 Å². The molecule has 2 atom stereocenters. The van der Waals surface area contributed by atoms with Crippen LogP contribution in [-0.2, 0) is 4.74 Å². The zero-order chi connectivity index (χ0) is 11.4. The number of rotatable bonds is 4. The van der Waals surface area contributed by atoms with Crippen molar-refractivity contribution in [3.05, 3.63) is 28.8 Å². The van der Waals surface area contributed by atoms with Crippen molar-refractivity contribution >= 4 is 11.6 Å². The highest BCUT2D eigenvalue weighted by molar-refractivity contribution is 6.32. The van der Waals surface area contributed by atoms with Crippen LogP contribution < -0.4 is 10.5 Å². The molecule has 0 fully saturated rings. The first-order valence-electron chi connectivity index (χ1n) is 4.72. The van der Waals surface area contributed by atoms with E-state index in [0.29, 0.717) is 10.8 Å². The molecule has 0 saturated carbocycles. The third kappa shape index (κ3) is 2.84. The monoisotopic (exact) mass is 229 g/mol. The molecule has 0 heterocycles. The van der Waals surface area contributed by atoms with Gasteiger partial charge >= 0.3 is 0 Å². The summed E-state index contributed by atoms with van der Waals surface area (Å²) in [4.78, 5) is 0. The van der Waals surface area contributed by atoms with Crippen LogP contribution in [0, 0.1) is 0 Å². The molecule has 1 rings (SSSR count). The molecule has 84 valence electrons. The highest BCUT2D eigenvalue weighted by Crippen LogP contribution is 2.28. The van der Waals surface area contributed by atoms with E-state index in [1.54, 1.807) is 20.3 Å². The summed E-state index contributed by atoms with van der Waals surface area (Å²) in [5, 5.41) is 0.582. The number of nitrogens with two attached hydrogens (primary N) is 1. The predicted molar refractivity (Wildman–Crippen MR) is 61.4 cm³/mol. The lowest BCUT2D eigenvalue weighted by Gasteiger charge is -2.19. The van der Waals surface area contributed by atoms with Gasteiger partial charge in [-0.1, -0.05) is 17.7 Å². The van der Waals surface area contributed by atoms with Crippen LogP contribution in [0.15, 0.2) is 18.2 Å². The molecule has 2 unspecified atom stereocenters. The van der Waals surface area contributed by atoms with E-state index in [4.69, 9.17) is 26.8 Å². The molecule has 1 aromatic rings. The predicted octanol–water partition coefficient (Wildman–Crippen LogP) is 2.38. The van der Waals surface area contributed by atoms with Crippen LogP contribution in [0.3, 0.4) is 0 Å². The molecular weight excluding hydrogens is 214 g/mol. The lowest BCUT2D eigenvalue weighted by Crippen LogP contribution is -2.25. The Bertz CT molecular complexity index is 330. The average molecular weight is 230 g/mol. The Hall–Kier alpha value is -0.770. The topological polar surface area (TPSA) is 44.5 Å². The van der Waals surface area contributed by atoms with E-state index < -0.39 is 0 Å². The van der Waals surface area contributed by atoms with Crippen molar-refractivity contribution in [2.75, 3.05) is 14.2 Å². The molecule has 4 heteroatoms. The Kier molecular flexibility index (Phi) is 4.39. The molecule has 0 aliphatic carbocycles. The van der Waals surface area contributed by atoms with Crippen LogP contribution in [0.2, 0.25) is 5.02 Å². The smallest absolute Gasteiger partial charge is 0.137 e. The molecule has 0 aromatic heterocycles. The molecule has 0 amide bonds. The minimum absolute atomic E-state index is 0.0455. The van der Waals surface area contributed by atoms with E-state index in [0.717, 1.165) is 5.56 Å². The highest BCUT2D eigenvalue weighted by Gasteiger charge is 2.15. The van der Waals surface area contributed by atoms with Crippen LogP contribution in [0.5, 0.6) is 5.75 Å². The van der Waals surface area contributed by atoms with Gasteiger partial charge in [-0.05, 0) is 24.6 Å². The van der Waals surface area contributed by atoms with E-state index in [1.165, 1.54) is 0 Å². The van der Waals surface area contributed by atoms with Crippen molar-refractivity contribution in [3.63, 3.8) is 0 Å². The molecule has 3 nitrogen and oxygen atoms in total. The third-order valence-corrected chi connectivity index (χ3v) is 2.75. The van der Waals surface area contributed by atoms with Gasteiger partial charge < -0.3 is 15.2 Å². The second kappa shape index (κ2) is 5.35. The lowest BCUT2D eigenvalue weighted by molar-refractivity contribution is 0.0956.